The van der Waals surface area contributed by atoms with Gasteiger partial charge in [0, 0.05) is 0 Å². The third kappa shape index (κ3) is 2.31. The summed E-state index contributed by atoms with van der Waals surface area (Å²) >= 11 is 0. The quantitative estimate of drug-likeness (QED) is 0.730. The van der Waals surface area contributed by atoms with Gasteiger partial charge in [0.05, 0.1) is 6.42 Å². The van der Waals surface area contributed by atoms with Crippen LogP contribution in [0.2, 0.25) is 0 Å². The molecule has 3 nitrogen and oxygen atoms in total. The van der Waals surface area contributed by atoms with E-state index in [1.165, 1.54) is 12.2 Å². The Labute approximate surface area is 87.4 Å². The van der Waals surface area contributed by atoms with Gasteiger partial charge in [0.2, 0.25) is 0 Å². The van der Waals surface area contributed by atoms with Crippen molar-refractivity contribution >= 4 is 11.6 Å². The average Bonchev–Trinajstić information content (AvgIpc) is 2.25. The van der Waals surface area contributed by atoms with Crippen LogP contribution in [0.1, 0.15) is 6.42 Å². The van der Waals surface area contributed by atoms with Crippen LogP contribution >= 0.6 is 0 Å². The van der Waals surface area contributed by atoms with Crippen molar-refractivity contribution < 1.29 is 14.3 Å². The lowest BCUT2D eigenvalue weighted by molar-refractivity contribution is -0.127. The van der Waals surface area contributed by atoms with Crippen LogP contribution in [-0.4, -0.2) is 17.7 Å². The van der Waals surface area contributed by atoms with E-state index < -0.39 is 6.10 Å². The molecule has 0 saturated carbocycles. The fraction of sp³-hybridized carbons (Fsp3) is 0.167. The van der Waals surface area contributed by atoms with Crippen LogP contribution in [0.5, 0.6) is 5.75 Å². The van der Waals surface area contributed by atoms with Crippen molar-refractivity contribution in [3.05, 3.63) is 42.5 Å². The Hall–Kier alpha value is -1.90. The zero-order valence-electron chi connectivity index (χ0n) is 8.05. The maximum absolute atomic E-state index is 11.4. The number of hydrogen-bond acceptors (Lipinski definition) is 3. The predicted molar refractivity (Wildman–Crippen MR) is 54.6 cm³/mol. The van der Waals surface area contributed by atoms with Gasteiger partial charge in [-0.15, -0.1) is 0 Å². The van der Waals surface area contributed by atoms with Crippen molar-refractivity contribution in [3.8, 4) is 5.75 Å². The predicted octanol–water partition coefficient (Wildman–Crippen LogP) is 1.53. The second-order valence-corrected chi connectivity index (χ2v) is 3.33. The number of rotatable bonds is 2. The molecule has 1 aromatic carbocycles. The number of allylic oxidation sites excluding steroid dienone is 1. The van der Waals surface area contributed by atoms with Gasteiger partial charge in [-0.05, 0) is 24.3 Å². The van der Waals surface area contributed by atoms with E-state index in [0.717, 1.165) is 0 Å². The van der Waals surface area contributed by atoms with Gasteiger partial charge in [-0.25, -0.2) is 0 Å². The molecule has 1 aromatic rings. The zero-order valence-corrected chi connectivity index (χ0v) is 8.05. The molecule has 15 heavy (non-hydrogen) atoms. The van der Waals surface area contributed by atoms with Gasteiger partial charge < -0.3 is 4.74 Å². The number of carbonyl (C=O) groups is 2. The van der Waals surface area contributed by atoms with Crippen LogP contribution < -0.4 is 4.74 Å². The first-order chi connectivity index (χ1) is 7.25. The highest BCUT2D eigenvalue weighted by Gasteiger charge is 2.24. The van der Waals surface area contributed by atoms with Crippen LogP contribution in [0.15, 0.2) is 42.5 Å². The van der Waals surface area contributed by atoms with E-state index in [1.807, 2.05) is 18.2 Å². The third-order valence-corrected chi connectivity index (χ3v) is 2.16. The van der Waals surface area contributed by atoms with Crippen LogP contribution in [-0.2, 0) is 9.59 Å². The number of ketones is 2. The van der Waals surface area contributed by atoms with Crippen LogP contribution in [0, 0.1) is 0 Å². The first kappa shape index (κ1) is 9.65. The first-order valence-corrected chi connectivity index (χ1v) is 4.72. The summed E-state index contributed by atoms with van der Waals surface area (Å²) in [5, 5.41) is 0. The smallest absolute Gasteiger partial charge is 0.196 e. The fourth-order valence-corrected chi connectivity index (χ4v) is 1.40. The topological polar surface area (TPSA) is 43.4 Å². The molecule has 1 atom stereocenters. The van der Waals surface area contributed by atoms with E-state index in [1.54, 1.807) is 12.1 Å². The molecule has 0 bridgehead atoms. The van der Waals surface area contributed by atoms with E-state index in [-0.39, 0.29) is 18.0 Å². The van der Waals surface area contributed by atoms with E-state index in [2.05, 4.69) is 0 Å². The molecule has 0 amide bonds. The lowest BCUT2D eigenvalue weighted by Crippen LogP contribution is -2.31. The minimum Gasteiger partial charge on any atom is -0.482 e. The number of benzene rings is 1. The lowest BCUT2D eigenvalue weighted by atomic mass is 10.0. The Balaban J connectivity index is 2.10. The van der Waals surface area contributed by atoms with Gasteiger partial charge in [0.1, 0.15) is 5.75 Å². The fourth-order valence-electron chi connectivity index (χ4n) is 1.40. The van der Waals surface area contributed by atoms with Crippen LogP contribution in [0.25, 0.3) is 0 Å². The molecule has 0 aromatic heterocycles. The summed E-state index contributed by atoms with van der Waals surface area (Å²) in [5.74, 6) is 0.382. The summed E-state index contributed by atoms with van der Waals surface area (Å²) in [5.41, 5.74) is 0. The van der Waals surface area contributed by atoms with Crippen molar-refractivity contribution in [2.45, 2.75) is 12.5 Å². The van der Waals surface area contributed by atoms with Gasteiger partial charge >= 0.3 is 0 Å². The van der Waals surface area contributed by atoms with Crippen molar-refractivity contribution in [2.24, 2.45) is 0 Å². The molecule has 0 aliphatic heterocycles. The molecule has 0 radical (unpaired) electrons. The van der Waals surface area contributed by atoms with Crippen molar-refractivity contribution in [3.63, 3.8) is 0 Å². The van der Waals surface area contributed by atoms with E-state index >= 15 is 0 Å². The van der Waals surface area contributed by atoms with Crippen LogP contribution in [0.3, 0.4) is 0 Å². The van der Waals surface area contributed by atoms with Crippen LogP contribution in [0.4, 0.5) is 0 Å². The Morgan fingerprint density at radius 3 is 2.53 bits per heavy atom. The molecule has 0 saturated heterocycles. The summed E-state index contributed by atoms with van der Waals surface area (Å²) in [6.07, 6.45) is 2.04. The molecule has 2 rings (SSSR count). The molecular formula is C12H10O3. The van der Waals surface area contributed by atoms with Gasteiger partial charge in [-0.2, -0.15) is 0 Å². The number of hydrogen-bond donors (Lipinski definition) is 0. The summed E-state index contributed by atoms with van der Waals surface area (Å²) in [6, 6.07) is 9.02. The number of para-hydroxylation sites is 1. The van der Waals surface area contributed by atoms with E-state index in [0.29, 0.717) is 5.75 Å². The Kier molecular flexibility index (Phi) is 2.63. The van der Waals surface area contributed by atoms with Gasteiger partial charge in [-0.3, -0.25) is 9.59 Å². The van der Waals surface area contributed by atoms with E-state index in [9.17, 15) is 9.59 Å². The largest absolute Gasteiger partial charge is 0.482 e. The third-order valence-electron chi connectivity index (χ3n) is 2.16. The highest BCUT2D eigenvalue weighted by atomic mass is 16.5. The van der Waals surface area contributed by atoms with Gasteiger partial charge in [-0.1, -0.05) is 18.2 Å². The Morgan fingerprint density at radius 2 is 1.80 bits per heavy atom. The average molecular weight is 202 g/mol. The monoisotopic (exact) mass is 202 g/mol. The summed E-state index contributed by atoms with van der Waals surface area (Å²) in [7, 11) is 0. The first-order valence-electron chi connectivity index (χ1n) is 4.72. The maximum atomic E-state index is 11.4. The van der Waals surface area contributed by atoms with Gasteiger partial charge in [0.25, 0.3) is 0 Å². The molecule has 0 N–H and O–H groups in total. The minimum absolute atomic E-state index is 0.0736. The Bertz CT molecular complexity index is 406. The van der Waals surface area contributed by atoms with Crippen molar-refractivity contribution in [1.29, 1.82) is 0 Å². The second kappa shape index (κ2) is 4.09. The molecule has 0 fully saturated rings. The SMILES string of the molecule is O=C1C=CC(=O)C(Oc2ccccc2)C1. The molecular weight excluding hydrogens is 192 g/mol. The lowest BCUT2D eigenvalue weighted by Gasteiger charge is -2.17. The molecule has 3 heteroatoms. The summed E-state index contributed by atoms with van der Waals surface area (Å²) < 4.78 is 5.42. The second-order valence-electron chi connectivity index (χ2n) is 3.33. The van der Waals surface area contributed by atoms with Crippen molar-refractivity contribution in [2.75, 3.05) is 0 Å². The summed E-state index contributed by atoms with van der Waals surface area (Å²) in [4.78, 5) is 22.5. The minimum atomic E-state index is -0.662. The molecule has 1 aliphatic carbocycles. The zero-order chi connectivity index (χ0) is 10.7. The standard InChI is InChI=1S/C12H10O3/c13-9-6-7-11(14)12(8-9)15-10-4-2-1-3-5-10/h1-7,12H,8H2. The Morgan fingerprint density at radius 1 is 1.07 bits per heavy atom. The normalized spacial score (nSPS) is 20.4. The number of carbonyl (C=O) groups excluding carboxylic acids is 2. The van der Waals surface area contributed by atoms with Gasteiger partial charge in [0.15, 0.2) is 17.7 Å². The molecule has 1 aliphatic rings. The number of ether oxygens (including phenoxy) is 1. The molecule has 1 unspecified atom stereocenters. The summed E-state index contributed by atoms with van der Waals surface area (Å²) in [6.45, 7) is 0. The highest BCUT2D eigenvalue weighted by Crippen LogP contribution is 2.15. The highest BCUT2D eigenvalue weighted by molar-refractivity contribution is 6.07. The van der Waals surface area contributed by atoms with E-state index in [4.69, 9.17) is 4.74 Å². The molecule has 0 spiro atoms. The maximum Gasteiger partial charge on any atom is 0.196 e. The molecule has 0 heterocycles. The molecule has 76 valence electrons. The van der Waals surface area contributed by atoms with Crippen molar-refractivity contribution in [1.82, 2.24) is 0 Å².